The van der Waals surface area contributed by atoms with Crippen LogP contribution in [-0.4, -0.2) is 31.3 Å². The van der Waals surface area contributed by atoms with Crippen LogP contribution in [0.4, 0.5) is 8.78 Å². The van der Waals surface area contributed by atoms with E-state index >= 15 is 0 Å². The van der Waals surface area contributed by atoms with Gasteiger partial charge < -0.3 is 0 Å². The number of ketones is 1. The van der Waals surface area contributed by atoms with E-state index in [-0.39, 0.29) is 17.1 Å². The number of Topliss-reactive ketones (excluding diaryl/α,β-unsaturated/α-hetero) is 1. The number of nitrogens with zero attached hydrogens (tertiary/aromatic N) is 3. The van der Waals surface area contributed by atoms with E-state index in [0.717, 1.165) is 11.4 Å². The predicted molar refractivity (Wildman–Crippen MR) is 96.7 cm³/mol. The zero-order chi connectivity index (χ0) is 18.8. The fraction of sp³-hybridized carbons (Fsp3) is 0.278. The zero-order valence-electron chi connectivity index (χ0n) is 14.6. The van der Waals surface area contributed by atoms with E-state index < -0.39 is 16.9 Å². The molecule has 3 rings (SSSR count). The summed E-state index contributed by atoms with van der Waals surface area (Å²) in [5, 5.41) is 6.13. The van der Waals surface area contributed by atoms with Crippen LogP contribution in [0, 0.1) is 25.5 Å². The Labute approximate surface area is 153 Å². The Kier molecular flexibility index (Phi) is 5.22. The average molecular weight is 376 g/mol. The van der Waals surface area contributed by atoms with E-state index in [1.165, 1.54) is 36.3 Å². The van der Waals surface area contributed by atoms with E-state index in [1.807, 2.05) is 18.4 Å². The molecule has 0 amide bonds. The second-order valence-electron chi connectivity index (χ2n) is 5.94. The van der Waals surface area contributed by atoms with Gasteiger partial charge in [-0.25, -0.2) is 13.9 Å². The fourth-order valence-electron chi connectivity index (χ4n) is 2.94. The molecule has 3 aromatic rings. The Morgan fingerprint density at radius 3 is 2.62 bits per heavy atom. The highest BCUT2D eigenvalue weighted by Crippen LogP contribution is 2.32. The highest BCUT2D eigenvalue weighted by molar-refractivity contribution is 8.00. The molecular weight excluding hydrogens is 358 g/mol. The maximum absolute atomic E-state index is 13.9. The summed E-state index contributed by atoms with van der Waals surface area (Å²) in [5.41, 5.74) is 2.15. The third-order valence-electron chi connectivity index (χ3n) is 4.22. The van der Waals surface area contributed by atoms with Crippen molar-refractivity contribution in [2.45, 2.75) is 26.0 Å². The topological polar surface area (TPSA) is 63.6 Å². The molecule has 2 aromatic heterocycles. The predicted octanol–water partition coefficient (Wildman–Crippen LogP) is 4.17. The van der Waals surface area contributed by atoms with Crippen molar-refractivity contribution in [1.29, 1.82) is 0 Å². The van der Waals surface area contributed by atoms with Crippen LogP contribution in [0.3, 0.4) is 0 Å². The van der Waals surface area contributed by atoms with Gasteiger partial charge in [0.25, 0.3) is 0 Å². The van der Waals surface area contributed by atoms with E-state index in [1.54, 1.807) is 13.0 Å². The van der Waals surface area contributed by atoms with Crippen LogP contribution in [0.5, 0.6) is 0 Å². The molecule has 0 aliphatic rings. The SMILES string of the molecule is Cc1cc(C(=O)CSC(C)c2c(F)cccc2F)c(C)n1-c1ncn[nH]1. The average Bonchev–Trinajstić information content (AvgIpc) is 3.20. The number of benzene rings is 1. The normalized spacial score (nSPS) is 12.3. The number of hydrogen-bond acceptors (Lipinski definition) is 4. The van der Waals surface area contributed by atoms with Gasteiger partial charge in [-0.1, -0.05) is 6.07 Å². The molecule has 0 aliphatic carbocycles. The molecule has 1 N–H and O–H groups in total. The summed E-state index contributed by atoms with van der Waals surface area (Å²) >= 11 is 1.21. The number of aromatic amines is 1. The summed E-state index contributed by atoms with van der Waals surface area (Å²) in [6, 6.07) is 5.56. The van der Waals surface area contributed by atoms with Crippen LogP contribution >= 0.6 is 11.8 Å². The minimum atomic E-state index is -0.596. The van der Waals surface area contributed by atoms with Crippen LogP contribution in [0.1, 0.15) is 39.5 Å². The van der Waals surface area contributed by atoms with Crippen LogP contribution in [0.25, 0.3) is 5.95 Å². The quantitative estimate of drug-likeness (QED) is 0.656. The third kappa shape index (κ3) is 3.41. The Morgan fingerprint density at radius 1 is 1.31 bits per heavy atom. The lowest BCUT2D eigenvalue weighted by Crippen LogP contribution is -2.08. The lowest BCUT2D eigenvalue weighted by Gasteiger charge is -2.13. The molecule has 136 valence electrons. The summed E-state index contributed by atoms with van der Waals surface area (Å²) in [6.07, 6.45) is 1.40. The van der Waals surface area contributed by atoms with Gasteiger partial charge in [0.2, 0.25) is 5.95 Å². The molecule has 0 saturated carbocycles. The number of rotatable bonds is 6. The van der Waals surface area contributed by atoms with Crippen molar-refractivity contribution in [1.82, 2.24) is 19.7 Å². The fourth-order valence-corrected chi connectivity index (χ4v) is 3.89. The Bertz CT molecular complexity index is 917. The summed E-state index contributed by atoms with van der Waals surface area (Å²) in [4.78, 5) is 16.7. The number of H-pyrrole nitrogens is 1. The summed E-state index contributed by atoms with van der Waals surface area (Å²) < 4.78 is 29.5. The van der Waals surface area contributed by atoms with Crippen molar-refractivity contribution in [3.63, 3.8) is 0 Å². The number of hydrogen-bond donors (Lipinski definition) is 1. The van der Waals surface area contributed by atoms with Crippen LogP contribution < -0.4 is 0 Å². The smallest absolute Gasteiger partial charge is 0.229 e. The third-order valence-corrected chi connectivity index (χ3v) is 5.38. The van der Waals surface area contributed by atoms with Crippen molar-refractivity contribution in [2.24, 2.45) is 0 Å². The highest BCUT2D eigenvalue weighted by atomic mass is 32.2. The highest BCUT2D eigenvalue weighted by Gasteiger charge is 2.21. The summed E-state index contributed by atoms with van der Waals surface area (Å²) in [7, 11) is 0. The molecule has 0 saturated heterocycles. The van der Waals surface area contributed by atoms with Gasteiger partial charge in [-0.15, -0.1) is 11.8 Å². The largest absolute Gasteiger partial charge is 0.293 e. The van der Waals surface area contributed by atoms with Gasteiger partial charge in [-0.3, -0.25) is 9.36 Å². The van der Waals surface area contributed by atoms with Gasteiger partial charge in [0.15, 0.2) is 5.78 Å². The van der Waals surface area contributed by atoms with Crippen LogP contribution in [0.2, 0.25) is 0 Å². The lowest BCUT2D eigenvalue weighted by atomic mass is 10.1. The molecule has 0 aliphatic heterocycles. The Morgan fingerprint density at radius 2 is 2.00 bits per heavy atom. The molecule has 0 fully saturated rings. The summed E-state index contributed by atoms with van der Waals surface area (Å²) in [5.74, 6) is -0.636. The molecule has 0 spiro atoms. The maximum Gasteiger partial charge on any atom is 0.229 e. The van der Waals surface area contributed by atoms with Gasteiger partial charge >= 0.3 is 0 Å². The van der Waals surface area contributed by atoms with E-state index in [2.05, 4.69) is 15.2 Å². The number of thioether (sulfide) groups is 1. The monoisotopic (exact) mass is 376 g/mol. The number of carbonyl (C=O) groups is 1. The lowest BCUT2D eigenvalue weighted by molar-refractivity contribution is 0.102. The maximum atomic E-state index is 13.9. The van der Waals surface area contributed by atoms with Crippen molar-refractivity contribution < 1.29 is 13.6 Å². The summed E-state index contributed by atoms with van der Waals surface area (Å²) in [6.45, 7) is 5.39. The molecular formula is C18H18F2N4OS. The van der Waals surface area contributed by atoms with Gasteiger partial charge in [-0.05, 0) is 39.0 Å². The minimum Gasteiger partial charge on any atom is -0.293 e. The Hall–Kier alpha value is -2.48. The van der Waals surface area contributed by atoms with Crippen LogP contribution in [0.15, 0.2) is 30.6 Å². The number of halogens is 2. The number of aromatic nitrogens is 4. The van der Waals surface area contributed by atoms with Crippen LogP contribution in [-0.2, 0) is 0 Å². The second kappa shape index (κ2) is 7.41. The second-order valence-corrected chi connectivity index (χ2v) is 7.27. The molecule has 1 atom stereocenters. The first-order valence-corrected chi connectivity index (χ1v) is 9.08. The number of aryl methyl sites for hydroxylation is 1. The van der Waals surface area contributed by atoms with Gasteiger partial charge in [0.1, 0.15) is 18.0 Å². The molecule has 1 unspecified atom stereocenters. The number of carbonyl (C=O) groups excluding carboxylic acids is 1. The molecule has 26 heavy (non-hydrogen) atoms. The van der Waals surface area contributed by atoms with E-state index in [9.17, 15) is 13.6 Å². The first-order chi connectivity index (χ1) is 12.4. The first kappa shape index (κ1) is 18.3. The molecule has 5 nitrogen and oxygen atoms in total. The molecule has 0 radical (unpaired) electrons. The Balaban J connectivity index is 1.76. The molecule has 2 heterocycles. The van der Waals surface area contributed by atoms with E-state index in [0.29, 0.717) is 11.5 Å². The molecule has 0 bridgehead atoms. The van der Waals surface area contributed by atoms with Crippen molar-refractivity contribution >= 4 is 17.5 Å². The van der Waals surface area contributed by atoms with Gasteiger partial charge in [0.05, 0.1) is 5.75 Å². The van der Waals surface area contributed by atoms with Crippen molar-refractivity contribution in [3.05, 3.63) is 64.7 Å². The van der Waals surface area contributed by atoms with Crippen molar-refractivity contribution in [2.75, 3.05) is 5.75 Å². The van der Waals surface area contributed by atoms with Crippen molar-refractivity contribution in [3.8, 4) is 5.95 Å². The van der Waals surface area contributed by atoms with Gasteiger partial charge in [-0.2, -0.15) is 10.1 Å². The molecule has 8 heteroatoms. The number of nitrogens with one attached hydrogen (secondary N) is 1. The standard InChI is InChI=1S/C18H18F2N4OS/c1-10-7-13(11(2)24(10)18-21-9-22-23-18)16(25)8-26-12(3)17-14(19)5-4-6-15(17)20/h4-7,9,12H,8H2,1-3H3,(H,21,22,23). The van der Waals surface area contributed by atoms with Gasteiger partial charge in [0, 0.05) is 27.8 Å². The van der Waals surface area contributed by atoms with E-state index in [4.69, 9.17) is 0 Å². The zero-order valence-corrected chi connectivity index (χ0v) is 15.4. The first-order valence-electron chi connectivity index (χ1n) is 8.03. The minimum absolute atomic E-state index is 0.00238. The molecule has 1 aromatic carbocycles.